The van der Waals surface area contributed by atoms with Crippen molar-refractivity contribution in [2.24, 2.45) is 0 Å². The van der Waals surface area contributed by atoms with Crippen LogP contribution in [0.2, 0.25) is 0 Å². The van der Waals surface area contributed by atoms with Crippen molar-refractivity contribution < 1.29 is 42.0 Å². The molecule has 10 heteroatoms. The Morgan fingerprint density at radius 3 is 1.04 bits per heavy atom. The first-order valence-electron chi connectivity index (χ1n) is 8.00. The van der Waals surface area contributed by atoms with Crippen LogP contribution in [0.4, 0.5) is 0 Å². The molecule has 0 bridgehead atoms. The number of benzene rings is 2. The highest BCUT2D eigenvalue weighted by atomic mass is 31.1. The fourth-order valence-corrected chi connectivity index (χ4v) is 3.11. The summed E-state index contributed by atoms with van der Waals surface area (Å²) in [6.07, 6.45) is 0. The van der Waals surface area contributed by atoms with Gasteiger partial charge in [0.2, 0.25) is 11.5 Å². The van der Waals surface area contributed by atoms with Gasteiger partial charge in [-0.05, 0) is 0 Å². The van der Waals surface area contributed by atoms with Gasteiger partial charge in [-0.25, -0.2) is 4.57 Å². The van der Waals surface area contributed by atoms with Crippen LogP contribution in [-0.4, -0.2) is 42.7 Å². The average molecular weight is 414 g/mol. The van der Waals surface area contributed by atoms with Crippen molar-refractivity contribution in [2.75, 3.05) is 42.7 Å². The van der Waals surface area contributed by atoms with E-state index in [0.29, 0.717) is 34.5 Å². The van der Waals surface area contributed by atoms with E-state index in [9.17, 15) is 4.57 Å². The molecule has 0 atom stereocenters. The lowest BCUT2D eigenvalue weighted by atomic mass is 10.2. The molecule has 0 amide bonds. The van der Waals surface area contributed by atoms with Gasteiger partial charge in [-0.2, -0.15) is 0 Å². The zero-order valence-electron chi connectivity index (χ0n) is 16.5. The van der Waals surface area contributed by atoms with E-state index in [1.54, 1.807) is 0 Å². The Kier molecular flexibility index (Phi) is 7.52. The zero-order chi connectivity index (χ0) is 20.7. The molecule has 0 aliphatic heterocycles. The van der Waals surface area contributed by atoms with Gasteiger partial charge < -0.3 is 37.5 Å². The molecule has 0 aromatic heterocycles. The smallest absolute Gasteiger partial charge is 0.418 e. The van der Waals surface area contributed by atoms with E-state index in [2.05, 4.69) is 0 Å². The first-order chi connectivity index (χ1) is 13.5. The summed E-state index contributed by atoms with van der Waals surface area (Å²) in [6, 6.07) is 6.07. The summed E-state index contributed by atoms with van der Waals surface area (Å²) in [5.74, 6) is 2.68. The molecule has 0 saturated heterocycles. The van der Waals surface area contributed by atoms with E-state index in [0.717, 1.165) is 0 Å². The molecular weight excluding hydrogens is 391 g/mol. The van der Waals surface area contributed by atoms with Crippen LogP contribution >= 0.6 is 8.25 Å². The number of rotatable bonds is 10. The molecule has 0 heterocycles. The fourth-order valence-electron chi connectivity index (χ4n) is 2.45. The Morgan fingerprint density at radius 2 is 0.821 bits per heavy atom. The van der Waals surface area contributed by atoms with E-state index in [1.807, 2.05) is 0 Å². The van der Waals surface area contributed by atoms with Crippen LogP contribution in [0.15, 0.2) is 24.3 Å². The topological polar surface area (TPSA) is 90.9 Å². The first-order valence-corrected chi connectivity index (χ1v) is 9.23. The predicted molar refractivity (Wildman–Crippen MR) is 102 cm³/mol. The SMILES string of the molecule is COc1cc(O[PH](=O)Oc2cc(OC)c(OC)c(OC)c2)cc(OC)c1OC. The average Bonchev–Trinajstić information content (AvgIpc) is 2.71. The molecule has 28 heavy (non-hydrogen) atoms. The van der Waals surface area contributed by atoms with Gasteiger partial charge in [-0.15, -0.1) is 0 Å². The van der Waals surface area contributed by atoms with Crippen LogP contribution in [0.1, 0.15) is 0 Å². The molecule has 0 spiro atoms. The maximum Gasteiger partial charge on any atom is 0.418 e. The van der Waals surface area contributed by atoms with Gasteiger partial charge in [0.05, 0.1) is 42.7 Å². The van der Waals surface area contributed by atoms with Gasteiger partial charge >= 0.3 is 8.25 Å². The lowest BCUT2D eigenvalue weighted by Crippen LogP contribution is -1.98. The minimum absolute atomic E-state index is 0.228. The molecule has 0 aliphatic rings. The normalized spacial score (nSPS) is 10.2. The maximum atomic E-state index is 12.4. The largest absolute Gasteiger partial charge is 0.493 e. The number of hydrogen-bond donors (Lipinski definition) is 0. The first kappa shape index (κ1) is 21.4. The van der Waals surface area contributed by atoms with Crippen LogP contribution in [0.5, 0.6) is 46.0 Å². The molecule has 0 unspecified atom stereocenters. The summed E-state index contributed by atoms with van der Waals surface area (Å²) in [5.41, 5.74) is 0. The van der Waals surface area contributed by atoms with Crippen molar-refractivity contribution in [3.63, 3.8) is 0 Å². The van der Waals surface area contributed by atoms with Crippen LogP contribution < -0.4 is 37.5 Å². The highest BCUT2D eigenvalue weighted by Crippen LogP contribution is 2.45. The molecule has 0 aliphatic carbocycles. The highest BCUT2D eigenvalue weighted by Gasteiger charge is 2.18. The van der Waals surface area contributed by atoms with Gasteiger partial charge in [0.1, 0.15) is 11.5 Å². The summed E-state index contributed by atoms with van der Waals surface area (Å²) in [6.45, 7) is 0. The summed E-state index contributed by atoms with van der Waals surface area (Å²) in [4.78, 5) is 0. The van der Waals surface area contributed by atoms with Gasteiger partial charge in [0.25, 0.3) is 0 Å². The molecule has 0 fully saturated rings. The van der Waals surface area contributed by atoms with E-state index < -0.39 is 8.25 Å². The zero-order valence-corrected chi connectivity index (χ0v) is 17.5. The molecule has 154 valence electrons. The second kappa shape index (κ2) is 9.85. The lowest BCUT2D eigenvalue weighted by Gasteiger charge is -2.16. The summed E-state index contributed by atoms with van der Waals surface area (Å²) < 4.78 is 54.7. The number of methoxy groups -OCH3 is 6. The molecule has 0 N–H and O–H groups in total. The van der Waals surface area contributed by atoms with Crippen LogP contribution in [0.25, 0.3) is 0 Å². The minimum Gasteiger partial charge on any atom is -0.493 e. The van der Waals surface area contributed by atoms with Crippen LogP contribution in [-0.2, 0) is 4.57 Å². The van der Waals surface area contributed by atoms with Crippen LogP contribution in [0.3, 0.4) is 0 Å². The molecular formula is C18H23O9P. The third kappa shape index (κ3) is 4.67. The lowest BCUT2D eigenvalue weighted by molar-refractivity contribution is 0.320. The Morgan fingerprint density at radius 1 is 0.536 bits per heavy atom. The van der Waals surface area contributed by atoms with E-state index in [1.165, 1.54) is 66.9 Å². The standard InChI is InChI=1S/C18H23O9P/c1-20-13-7-11(8-14(21-2)17(13)24-5)26-28(19)27-12-9-15(22-3)18(25-6)16(10-12)23-4/h7-10,28H,1-6H3. The van der Waals surface area contributed by atoms with Crippen molar-refractivity contribution in [1.29, 1.82) is 0 Å². The second-order valence-electron chi connectivity index (χ2n) is 5.18. The van der Waals surface area contributed by atoms with Crippen molar-refractivity contribution in [2.45, 2.75) is 0 Å². The Hall–Kier alpha value is -2.93. The number of hydrogen-bond acceptors (Lipinski definition) is 9. The van der Waals surface area contributed by atoms with Crippen molar-refractivity contribution in [3.8, 4) is 46.0 Å². The van der Waals surface area contributed by atoms with Crippen molar-refractivity contribution in [3.05, 3.63) is 24.3 Å². The second-order valence-corrected chi connectivity index (χ2v) is 6.08. The molecule has 2 aromatic carbocycles. The maximum absolute atomic E-state index is 12.4. The van der Waals surface area contributed by atoms with Crippen LogP contribution in [0, 0.1) is 0 Å². The quantitative estimate of drug-likeness (QED) is 0.541. The molecule has 2 rings (SSSR count). The Labute approximate surface area is 163 Å². The summed E-state index contributed by atoms with van der Waals surface area (Å²) in [5, 5.41) is 0. The third-order valence-corrected chi connectivity index (χ3v) is 4.48. The van der Waals surface area contributed by atoms with E-state index in [-0.39, 0.29) is 11.5 Å². The van der Waals surface area contributed by atoms with E-state index in [4.69, 9.17) is 37.5 Å². The molecule has 2 aromatic rings. The van der Waals surface area contributed by atoms with Gasteiger partial charge in [-0.1, -0.05) is 0 Å². The highest BCUT2D eigenvalue weighted by molar-refractivity contribution is 7.34. The van der Waals surface area contributed by atoms with Gasteiger partial charge in [0.15, 0.2) is 23.0 Å². The molecule has 9 nitrogen and oxygen atoms in total. The third-order valence-electron chi connectivity index (χ3n) is 3.68. The monoisotopic (exact) mass is 414 g/mol. The Bertz CT molecular complexity index is 720. The minimum atomic E-state index is -2.98. The van der Waals surface area contributed by atoms with Crippen molar-refractivity contribution in [1.82, 2.24) is 0 Å². The predicted octanol–water partition coefficient (Wildman–Crippen LogP) is 3.59. The summed E-state index contributed by atoms with van der Waals surface area (Å²) >= 11 is 0. The number of ether oxygens (including phenoxy) is 6. The van der Waals surface area contributed by atoms with Crippen molar-refractivity contribution >= 4 is 8.25 Å². The van der Waals surface area contributed by atoms with Gasteiger partial charge in [0, 0.05) is 24.3 Å². The molecule has 0 saturated carbocycles. The van der Waals surface area contributed by atoms with Gasteiger partial charge in [-0.3, -0.25) is 0 Å². The summed E-state index contributed by atoms with van der Waals surface area (Å²) in [7, 11) is 5.86. The van der Waals surface area contributed by atoms with E-state index >= 15 is 0 Å². The Balaban J connectivity index is 2.25. The molecule has 0 radical (unpaired) electrons. The fraction of sp³-hybridized carbons (Fsp3) is 0.333.